The summed E-state index contributed by atoms with van der Waals surface area (Å²) >= 11 is 0. The van der Waals surface area contributed by atoms with Gasteiger partial charge in [-0.05, 0) is 35.4 Å². The molecular weight excluding hydrogens is 437 g/mol. The van der Waals surface area contributed by atoms with Crippen LogP contribution in [0.3, 0.4) is 0 Å². The van der Waals surface area contributed by atoms with Crippen LogP contribution < -0.4 is 15.9 Å². The largest absolute Gasteiger partial charge is 0.454 e. The van der Waals surface area contributed by atoms with Crippen molar-refractivity contribution in [3.63, 3.8) is 0 Å². The summed E-state index contributed by atoms with van der Waals surface area (Å²) in [5.74, 6) is -0.472. The minimum atomic E-state index is -0.830. The van der Waals surface area contributed by atoms with Gasteiger partial charge in [0.2, 0.25) is 0 Å². The number of benzene rings is 3. The number of nitrogens with one attached hydrogen (secondary N) is 1. The van der Waals surface area contributed by atoms with E-state index in [2.05, 4.69) is 15.6 Å². The number of ether oxygens (including phenoxy) is 1. The van der Waals surface area contributed by atoms with Gasteiger partial charge in [-0.3, -0.25) is 4.79 Å². The van der Waals surface area contributed by atoms with E-state index < -0.39 is 17.8 Å². The average molecular weight is 459 g/mol. The van der Waals surface area contributed by atoms with Gasteiger partial charge in [0.25, 0.3) is 5.91 Å². The monoisotopic (exact) mass is 459 g/mol. The van der Waals surface area contributed by atoms with Crippen LogP contribution in [0.25, 0.3) is 0 Å². The maximum absolute atomic E-state index is 14.1. The van der Waals surface area contributed by atoms with E-state index in [1.54, 1.807) is 36.4 Å². The number of halogens is 1. The van der Waals surface area contributed by atoms with Crippen molar-refractivity contribution in [1.82, 2.24) is 15.2 Å². The molecule has 1 heterocycles. The number of nitrogens with zero attached hydrogens (tertiary/aromatic N) is 3. The Labute approximate surface area is 195 Å². The molecule has 0 saturated carbocycles. The van der Waals surface area contributed by atoms with Crippen LogP contribution in [0.2, 0.25) is 0 Å². The smallest absolute Gasteiger partial charge is 0.276 e. The van der Waals surface area contributed by atoms with Crippen molar-refractivity contribution < 1.29 is 19.0 Å². The van der Waals surface area contributed by atoms with Crippen molar-refractivity contribution in [3.8, 4) is 11.5 Å². The van der Waals surface area contributed by atoms with Gasteiger partial charge in [0.15, 0.2) is 11.6 Å². The van der Waals surface area contributed by atoms with E-state index in [0.717, 1.165) is 0 Å². The van der Waals surface area contributed by atoms with Crippen molar-refractivity contribution >= 4 is 17.9 Å². The first-order chi connectivity index (χ1) is 16.5. The number of nitrogens with two attached hydrogens (primary N) is 1. The number of hydrogen-bond acceptors (Lipinski definition) is 6. The molecule has 0 aliphatic rings. The topological polar surface area (TPSA) is 115 Å². The lowest BCUT2D eigenvalue weighted by molar-refractivity contribution is 0.0955. The molecule has 172 valence electrons. The number of aromatic nitrogens is 2. The lowest BCUT2D eigenvalue weighted by atomic mass is 10.1. The second kappa shape index (κ2) is 10.4. The number of carbonyl (C=O) groups is 1. The van der Waals surface area contributed by atoms with Crippen molar-refractivity contribution in [2.45, 2.75) is 12.6 Å². The number of hydrogen-bond donors (Lipinski definition) is 3. The summed E-state index contributed by atoms with van der Waals surface area (Å²) in [5, 5.41) is 18.4. The van der Waals surface area contributed by atoms with Crippen molar-refractivity contribution in [2.75, 3.05) is 5.73 Å². The van der Waals surface area contributed by atoms with Crippen molar-refractivity contribution in [3.05, 3.63) is 108 Å². The van der Waals surface area contributed by atoms with Gasteiger partial charge in [0.1, 0.15) is 17.1 Å². The molecule has 1 aromatic heterocycles. The molecule has 0 fully saturated rings. The number of rotatable bonds is 8. The molecule has 9 heteroatoms. The minimum absolute atomic E-state index is 0.0315. The van der Waals surface area contributed by atoms with E-state index in [1.807, 2.05) is 24.3 Å². The van der Waals surface area contributed by atoms with E-state index in [-0.39, 0.29) is 23.7 Å². The third kappa shape index (κ3) is 5.45. The van der Waals surface area contributed by atoms with Gasteiger partial charge < -0.3 is 15.6 Å². The summed E-state index contributed by atoms with van der Waals surface area (Å²) in [5.41, 5.74) is 9.75. The first-order valence-electron chi connectivity index (χ1n) is 10.4. The normalized spacial score (nSPS) is 11.9. The molecule has 8 nitrogen and oxygen atoms in total. The van der Waals surface area contributed by atoms with Gasteiger partial charge in [-0.1, -0.05) is 54.6 Å². The number of amides is 1. The molecule has 0 aliphatic carbocycles. The summed E-state index contributed by atoms with van der Waals surface area (Å²) in [6, 6.07) is 22.1. The van der Waals surface area contributed by atoms with Gasteiger partial charge in [-0.15, -0.1) is 0 Å². The van der Waals surface area contributed by atoms with E-state index in [4.69, 9.17) is 10.5 Å². The standard InChI is InChI=1S/C25H22FN5O3/c26-21-12-11-17(13-23(21)34-19-9-5-2-6-10-19)14-28-30-25(33)20-15-29-31(24(20)27)16-22(32)18-7-3-1-4-8-18/h1-15,22,32H,16,27H2,(H,30,33)/b28-14+. The quantitative estimate of drug-likeness (QED) is 0.273. The number of hydrazone groups is 1. The Morgan fingerprint density at radius 1 is 1.15 bits per heavy atom. The molecule has 1 unspecified atom stereocenters. The number of nitrogen functional groups attached to an aromatic ring is 1. The Morgan fingerprint density at radius 3 is 2.59 bits per heavy atom. The van der Waals surface area contributed by atoms with Crippen molar-refractivity contribution in [1.29, 1.82) is 0 Å². The first kappa shape index (κ1) is 22.7. The average Bonchev–Trinajstić information content (AvgIpc) is 3.22. The summed E-state index contributed by atoms with van der Waals surface area (Å²) in [7, 11) is 0. The molecule has 0 aliphatic heterocycles. The highest BCUT2D eigenvalue weighted by Gasteiger charge is 2.17. The lowest BCUT2D eigenvalue weighted by Gasteiger charge is -2.12. The van der Waals surface area contributed by atoms with Crippen LogP contribution in [0.4, 0.5) is 10.2 Å². The van der Waals surface area contributed by atoms with Crippen LogP contribution in [-0.4, -0.2) is 27.0 Å². The zero-order chi connectivity index (χ0) is 23.9. The molecule has 1 amide bonds. The second-order valence-corrected chi connectivity index (χ2v) is 7.36. The third-order valence-electron chi connectivity index (χ3n) is 4.96. The highest BCUT2D eigenvalue weighted by Crippen LogP contribution is 2.25. The summed E-state index contributed by atoms with van der Waals surface area (Å²) < 4.78 is 21.0. The fourth-order valence-electron chi connectivity index (χ4n) is 3.18. The molecule has 0 spiro atoms. The maximum atomic E-state index is 14.1. The lowest BCUT2D eigenvalue weighted by Crippen LogP contribution is -2.19. The fourth-order valence-corrected chi connectivity index (χ4v) is 3.18. The fraction of sp³-hybridized carbons (Fsp3) is 0.0800. The van der Waals surface area contributed by atoms with E-state index in [0.29, 0.717) is 16.9 Å². The number of aliphatic hydroxyl groups excluding tert-OH is 1. The summed E-state index contributed by atoms with van der Waals surface area (Å²) in [6.45, 7) is 0.0894. The van der Waals surface area contributed by atoms with Crippen molar-refractivity contribution in [2.24, 2.45) is 5.10 Å². The Hall–Kier alpha value is -4.50. The van der Waals surface area contributed by atoms with Crippen LogP contribution in [-0.2, 0) is 6.54 Å². The molecule has 0 radical (unpaired) electrons. The van der Waals surface area contributed by atoms with E-state index in [1.165, 1.54) is 35.3 Å². The van der Waals surface area contributed by atoms with Crippen LogP contribution in [0, 0.1) is 5.82 Å². The molecule has 0 saturated heterocycles. The third-order valence-corrected chi connectivity index (χ3v) is 4.96. The highest BCUT2D eigenvalue weighted by molar-refractivity contribution is 5.98. The van der Waals surface area contributed by atoms with Gasteiger partial charge in [-0.2, -0.15) is 10.2 Å². The molecule has 4 aromatic rings. The predicted octanol–water partition coefficient (Wildman–Crippen LogP) is 3.89. The Bertz CT molecular complexity index is 1290. The van der Waals surface area contributed by atoms with Crippen LogP contribution >= 0.6 is 0 Å². The molecule has 4 N–H and O–H groups in total. The zero-order valence-corrected chi connectivity index (χ0v) is 18.0. The Balaban J connectivity index is 1.39. The molecular formula is C25H22FN5O3. The van der Waals surface area contributed by atoms with Crippen LogP contribution in [0.5, 0.6) is 11.5 Å². The first-order valence-corrected chi connectivity index (χ1v) is 10.4. The number of anilines is 1. The Kier molecular flexibility index (Phi) is 6.95. The van der Waals surface area contributed by atoms with Crippen LogP contribution in [0.1, 0.15) is 27.6 Å². The predicted molar refractivity (Wildman–Crippen MR) is 126 cm³/mol. The second-order valence-electron chi connectivity index (χ2n) is 7.36. The van der Waals surface area contributed by atoms with Gasteiger partial charge in [-0.25, -0.2) is 14.5 Å². The molecule has 1 atom stereocenters. The summed E-state index contributed by atoms with van der Waals surface area (Å²) in [4.78, 5) is 12.5. The number of para-hydroxylation sites is 1. The summed E-state index contributed by atoms with van der Waals surface area (Å²) in [6.07, 6.45) is 1.83. The Morgan fingerprint density at radius 2 is 1.85 bits per heavy atom. The van der Waals surface area contributed by atoms with Crippen LogP contribution in [0.15, 0.2) is 90.2 Å². The molecule has 3 aromatic carbocycles. The highest BCUT2D eigenvalue weighted by atomic mass is 19.1. The minimum Gasteiger partial charge on any atom is -0.454 e. The zero-order valence-electron chi connectivity index (χ0n) is 18.0. The van der Waals surface area contributed by atoms with Gasteiger partial charge in [0, 0.05) is 0 Å². The maximum Gasteiger partial charge on any atom is 0.276 e. The number of aliphatic hydroxyl groups is 1. The molecule has 0 bridgehead atoms. The van der Waals surface area contributed by atoms with E-state index in [9.17, 15) is 14.3 Å². The number of carbonyl (C=O) groups excluding carboxylic acids is 1. The SMILES string of the molecule is Nc1c(C(=O)N/N=C/c2ccc(F)c(Oc3ccccc3)c2)cnn1CC(O)c1ccccc1. The van der Waals surface area contributed by atoms with Gasteiger partial charge >= 0.3 is 0 Å². The van der Waals surface area contributed by atoms with E-state index >= 15 is 0 Å². The molecule has 34 heavy (non-hydrogen) atoms. The molecule has 4 rings (SSSR count). The van der Waals surface area contributed by atoms with Gasteiger partial charge in [0.05, 0.1) is 25.1 Å².